The molecule has 1 heterocycles. The summed E-state index contributed by atoms with van der Waals surface area (Å²) in [7, 11) is 0. The molecule has 4 aromatic rings. The third-order valence-electron chi connectivity index (χ3n) is 5.53. The van der Waals surface area contributed by atoms with Crippen molar-refractivity contribution >= 4 is 28.9 Å². The molecule has 3 aromatic carbocycles. The Balaban J connectivity index is 1.75. The van der Waals surface area contributed by atoms with Crippen LogP contribution >= 0.6 is 11.3 Å². The average molecular weight is 529 g/mol. The number of halogens is 4. The van der Waals surface area contributed by atoms with Gasteiger partial charge in [0.1, 0.15) is 17.3 Å². The van der Waals surface area contributed by atoms with Crippen LogP contribution in [0, 0.1) is 11.6 Å². The van der Waals surface area contributed by atoms with E-state index in [4.69, 9.17) is 0 Å². The SMILES string of the molecule is CCN(CC)c1ccc(C=Nn2c(-c3ccc(OC(F)F)cc3)csc2=Nc2ccc(F)cc2F)cc1. The number of rotatable bonds is 9. The van der Waals surface area contributed by atoms with Crippen molar-refractivity contribution in [3.05, 3.63) is 94.1 Å². The standard InChI is InChI=1S/C27H24F4N4OS/c1-3-34(4-2)21-10-5-18(6-11-21)16-32-35-25(19-7-12-22(13-8-19)36-26(30)31)17-37-27(35)33-24-14-9-20(28)15-23(24)29/h5-17,26H,3-4H2,1-2H3. The number of thiazole rings is 1. The van der Waals surface area contributed by atoms with Crippen molar-refractivity contribution < 1.29 is 22.3 Å². The molecule has 0 unspecified atom stereocenters. The number of hydrogen-bond donors (Lipinski definition) is 0. The number of nitrogens with zero attached hydrogens (tertiary/aromatic N) is 4. The molecule has 5 nitrogen and oxygen atoms in total. The van der Waals surface area contributed by atoms with Crippen LogP contribution in [0.1, 0.15) is 19.4 Å². The smallest absolute Gasteiger partial charge is 0.387 e. The predicted molar refractivity (Wildman–Crippen MR) is 139 cm³/mol. The highest BCUT2D eigenvalue weighted by atomic mass is 32.1. The van der Waals surface area contributed by atoms with Crippen LogP contribution in [-0.2, 0) is 0 Å². The summed E-state index contributed by atoms with van der Waals surface area (Å²) in [5.74, 6) is -1.48. The van der Waals surface area contributed by atoms with Gasteiger partial charge in [0.2, 0.25) is 4.80 Å². The highest BCUT2D eigenvalue weighted by molar-refractivity contribution is 7.07. The lowest BCUT2D eigenvalue weighted by Crippen LogP contribution is -2.21. The van der Waals surface area contributed by atoms with Crippen molar-refractivity contribution in [1.29, 1.82) is 0 Å². The number of alkyl halides is 2. The van der Waals surface area contributed by atoms with Gasteiger partial charge in [-0.15, -0.1) is 11.3 Å². The van der Waals surface area contributed by atoms with Gasteiger partial charge in [-0.25, -0.2) is 18.4 Å². The van der Waals surface area contributed by atoms with Gasteiger partial charge in [0, 0.05) is 35.8 Å². The molecule has 0 spiro atoms. The van der Waals surface area contributed by atoms with Crippen LogP contribution in [0.2, 0.25) is 0 Å². The molecule has 0 N–H and O–H groups in total. The summed E-state index contributed by atoms with van der Waals surface area (Å²) < 4.78 is 58.7. The molecule has 10 heteroatoms. The fourth-order valence-electron chi connectivity index (χ4n) is 3.65. The quantitative estimate of drug-likeness (QED) is 0.172. The van der Waals surface area contributed by atoms with Crippen molar-refractivity contribution in [2.75, 3.05) is 18.0 Å². The van der Waals surface area contributed by atoms with E-state index in [2.05, 4.69) is 33.6 Å². The summed E-state index contributed by atoms with van der Waals surface area (Å²) >= 11 is 1.21. The largest absolute Gasteiger partial charge is 0.435 e. The molecule has 0 saturated carbocycles. The first-order valence-electron chi connectivity index (χ1n) is 11.5. The van der Waals surface area contributed by atoms with Gasteiger partial charge in [0.25, 0.3) is 0 Å². The zero-order chi connectivity index (χ0) is 26.4. The van der Waals surface area contributed by atoms with E-state index in [0.717, 1.165) is 36.5 Å². The van der Waals surface area contributed by atoms with Crippen molar-refractivity contribution in [3.63, 3.8) is 0 Å². The van der Waals surface area contributed by atoms with Gasteiger partial charge in [0.05, 0.1) is 11.9 Å². The second-order valence-electron chi connectivity index (χ2n) is 7.83. The van der Waals surface area contributed by atoms with E-state index in [1.165, 1.54) is 34.2 Å². The highest BCUT2D eigenvalue weighted by Crippen LogP contribution is 2.25. The van der Waals surface area contributed by atoms with Crippen LogP contribution in [0.5, 0.6) is 5.75 Å². The minimum absolute atomic E-state index is 0.0237. The zero-order valence-electron chi connectivity index (χ0n) is 20.1. The molecule has 0 radical (unpaired) electrons. The van der Waals surface area contributed by atoms with Crippen LogP contribution < -0.4 is 14.4 Å². The number of anilines is 1. The van der Waals surface area contributed by atoms with Crippen LogP contribution in [0.15, 0.2) is 82.2 Å². The minimum atomic E-state index is -2.93. The Bertz CT molecular complexity index is 1430. The molecule has 0 aliphatic carbocycles. The second kappa shape index (κ2) is 11.9. The van der Waals surface area contributed by atoms with Crippen LogP contribution in [0.25, 0.3) is 11.3 Å². The van der Waals surface area contributed by atoms with E-state index in [1.54, 1.807) is 23.7 Å². The summed E-state index contributed by atoms with van der Waals surface area (Å²) in [6, 6.07) is 17.1. The Morgan fingerprint density at radius 3 is 2.30 bits per heavy atom. The molecule has 37 heavy (non-hydrogen) atoms. The van der Waals surface area contributed by atoms with Gasteiger partial charge in [-0.1, -0.05) is 12.1 Å². The molecule has 192 valence electrons. The first-order valence-corrected chi connectivity index (χ1v) is 12.4. The number of benzene rings is 3. The van der Waals surface area contributed by atoms with Gasteiger partial charge in [-0.3, -0.25) is 0 Å². The van der Waals surface area contributed by atoms with E-state index in [9.17, 15) is 17.6 Å². The Morgan fingerprint density at radius 2 is 1.68 bits per heavy atom. The lowest BCUT2D eigenvalue weighted by molar-refractivity contribution is -0.0498. The van der Waals surface area contributed by atoms with E-state index < -0.39 is 18.2 Å². The first kappa shape index (κ1) is 26.2. The monoisotopic (exact) mass is 528 g/mol. The van der Waals surface area contributed by atoms with Crippen molar-refractivity contribution in [3.8, 4) is 17.0 Å². The van der Waals surface area contributed by atoms with E-state index in [-0.39, 0.29) is 11.4 Å². The fourth-order valence-corrected chi connectivity index (χ4v) is 4.50. The van der Waals surface area contributed by atoms with E-state index in [1.807, 2.05) is 24.3 Å². The summed E-state index contributed by atoms with van der Waals surface area (Å²) in [6.45, 7) is 3.04. The molecular weight excluding hydrogens is 504 g/mol. The highest BCUT2D eigenvalue weighted by Gasteiger charge is 2.11. The van der Waals surface area contributed by atoms with Crippen molar-refractivity contribution in [1.82, 2.24) is 4.68 Å². The molecule has 1 aromatic heterocycles. The maximum absolute atomic E-state index is 14.3. The van der Waals surface area contributed by atoms with Gasteiger partial charge in [-0.05, 0) is 67.9 Å². The molecule has 0 amide bonds. The predicted octanol–water partition coefficient (Wildman–Crippen LogP) is 7.06. The number of ether oxygens (including phenoxy) is 1. The average Bonchev–Trinajstić information content (AvgIpc) is 3.28. The Morgan fingerprint density at radius 1 is 0.973 bits per heavy atom. The number of aromatic nitrogens is 1. The second-order valence-corrected chi connectivity index (χ2v) is 8.67. The molecule has 0 fully saturated rings. The van der Waals surface area contributed by atoms with Crippen LogP contribution in [-0.4, -0.2) is 30.6 Å². The van der Waals surface area contributed by atoms with Gasteiger partial charge < -0.3 is 9.64 Å². The van der Waals surface area contributed by atoms with Crippen LogP contribution in [0.3, 0.4) is 0 Å². The molecule has 0 bridgehead atoms. The summed E-state index contributed by atoms with van der Waals surface area (Å²) in [4.78, 5) is 6.91. The Labute approximate surface area is 215 Å². The lowest BCUT2D eigenvalue weighted by atomic mass is 10.2. The molecular formula is C27H24F4N4OS. The Kier molecular flexibility index (Phi) is 8.39. The molecule has 4 rings (SSSR count). The minimum Gasteiger partial charge on any atom is -0.435 e. The third-order valence-corrected chi connectivity index (χ3v) is 6.35. The summed E-state index contributed by atoms with van der Waals surface area (Å²) in [5.41, 5.74) is 3.15. The van der Waals surface area contributed by atoms with Crippen LogP contribution in [0.4, 0.5) is 28.9 Å². The topological polar surface area (TPSA) is 42.1 Å². The molecule has 0 atom stereocenters. The Hall–Kier alpha value is -3.92. The van der Waals surface area contributed by atoms with Gasteiger partial charge >= 0.3 is 6.61 Å². The fraction of sp³-hybridized carbons (Fsp3) is 0.185. The van der Waals surface area contributed by atoms with E-state index >= 15 is 0 Å². The van der Waals surface area contributed by atoms with Gasteiger partial charge in [0.15, 0.2) is 5.82 Å². The first-order chi connectivity index (χ1) is 17.9. The maximum atomic E-state index is 14.3. The lowest BCUT2D eigenvalue weighted by Gasteiger charge is -2.20. The normalized spacial score (nSPS) is 12.0. The molecule has 0 aliphatic heterocycles. The summed E-state index contributed by atoms with van der Waals surface area (Å²) in [5, 5.41) is 6.36. The summed E-state index contributed by atoms with van der Waals surface area (Å²) in [6.07, 6.45) is 1.65. The van der Waals surface area contributed by atoms with Crippen molar-refractivity contribution in [2.24, 2.45) is 10.1 Å². The molecule has 0 saturated heterocycles. The molecule has 0 aliphatic rings. The third kappa shape index (κ3) is 6.45. The van der Waals surface area contributed by atoms with Gasteiger partial charge in [-0.2, -0.15) is 13.9 Å². The van der Waals surface area contributed by atoms with Crippen molar-refractivity contribution in [2.45, 2.75) is 20.5 Å². The zero-order valence-corrected chi connectivity index (χ0v) is 20.9. The van der Waals surface area contributed by atoms with E-state index in [0.29, 0.717) is 16.1 Å². The number of hydrogen-bond acceptors (Lipinski definition) is 5. The maximum Gasteiger partial charge on any atom is 0.387 e.